The van der Waals surface area contributed by atoms with Gasteiger partial charge in [0.1, 0.15) is 6.10 Å². The fourth-order valence-corrected chi connectivity index (χ4v) is 9.96. The molecule has 2 aliphatic heterocycles. The summed E-state index contributed by atoms with van der Waals surface area (Å²) in [5, 5.41) is 0. The van der Waals surface area contributed by atoms with E-state index in [0.717, 1.165) is 42.6 Å². The summed E-state index contributed by atoms with van der Waals surface area (Å²) < 4.78 is 16.5. The zero-order chi connectivity index (χ0) is 24.5. The van der Waals surface area contributed by atoms with Crippen molar-refractivity contribution < 1.29 is 19.0 Å². The van der Waals surface area contributed by atoms with E-state index in [9.17, 15) is 4.79 Å². The first-order valence-electron chi connectivity index (χ1n) is 14.2. The maximum atomic E-state index is 12.9. The number of carbonyl (C=O) groups is 1. The monoisotopic (exact) mass is 486 g/mol. The number of amides is 1. The Morgan fingerprint density at radius 3 is 2.74 bits per heavy atom. The Balaban J connectivity index is 1.14. The molecule has 6 heteroatoms. The molecule has 3 saturated carbocycles. The molecule has 0 aromatic heterocycles. The summed E-state index contributed by atoms with van der Waals surface area (Å²) in [7, 11) is 5.91. The van der Waals surface area contributed by atoms with Gasteiger partial charge in [-0.3, -0.25) is 0 Å². The number of allylic oxidation sites excluding steroid dienone is 1. The molecule has 10 unspecified atom stereocenters. The predicted octanol–water partition coefficient (Wildman–Crippen LogP) is 5.08. The number of likely N-dealkylation sites (tertiary alicyclic amines) is 1. The van der Waals surface area contributed by atoms with E-state index in [1.165, 1.54) is 45.1 Å². The van der Waals surface area contributed by atoms with Crippen LogP contribution in [0.5, 0.6) is 0 Å². The van der Waals surface area contributed by atoms with Crippen LogP contribution in [-0.4, -0.2) is 74.7 Å². The second-order valence-electron chi connectivity index (χ2n) is 13.1. The predicted molar refractivity (Wildman–Crippen MR) is 135 cm³/mol. The average Bonchev–Trinajstić information content (AvgIpc) is 3.52. The van der Waals surface area contributed by atoms with Crippen molar-refractivity contribution in [2.45, 2.75) is 96.1 Å². The summed E-state index contributed by atoms with van der Waals surface area (Å²) in [6, 6.07) is 0.984. The number of carbonyl (C=O) groups excluding carboxylic acids is 1. The molecule has 4 aliphatic carbocycles. The second kappa shape index (κ2) is 8.73. The Morgan fingerprint density at radius 1 is 1.17 bits per heavy atom. The van der Waals surface area contributed by atoms with E-state index < -0.39 is 0 Å². The van der Waals surface area contributed by atoms with Crippen molar-refractivity contribution >= 4 is 6.09 Å². The third-order valence-corrected chi connectivity index (χ3v) is 12.0. The maximum absolute atomic E-state index is 12.9. The van der Waals surface area contributed by atoms with Crippen LogP contribution >= 0.6 is 0 Å². The summed E-state index contributed by atoms with van der Waals surface area (Å²) in [5.74, 6) is 3.50. The van der Waals surface area contributed by atoms with E-state index in [1.807, 2.05) is 11.9 Å². The topological polar surface area (TPSA) is 51.2 Å². The van der Waals surface area contributed by atoms with Gasteiger partial charge in [0, 0.05) is 39.2 Å². The highest BCUT2D eigenvalue weighted by molar-refractivity contribution is 5.68. The van der Waals surface area contributed by atoms with E-state index in [1.54, 1.807) is 12.7 Å². The minimum Gasteiger partial charge on any atom is -0.443 e. The van der Waals surface area contributed by atoms with E-state index in [0.29, 0.717) is 23.9 Å². The minimum atomic E-state index is -0.258. The van der Waals surface area contributed by atoms with Gasteiger partial charge in [-0.1, -0.05) is 18.6 Å². The number of hydrogen-bond donors (Lipinski definition) is 0. The first kappa shape index (κ1) is 24.2. The van der Waals surface area contributed by atoms with Crippen LogP contribution in [0, 0.1) is 34.5 Å². The lowest BCUT2D eigenvalue weighted by Crippen LogP contribution is -2.53. The molecule has 0 bridgehead atoms. The molecule has 6 rings (SSSR count). The molecule has 0 N–H and O–H groups in total. The number of rotatable bonds is 3. The Hall–Kier alpha value is -1.11. The van der Waals surface area contributed by atoms with Gasteiger partial charge in [0.15, 0.2) is 6.29 Å². The molecule has 0 aromatic carbocycles. The number of methoxy groups -OCH3 is 1. The van der Waals surface area contributed by atoms with Crippen molar-refractivity contribution in [3.05, 3.63) is 11.6 Å². The zero-order valence-electron chi connectivity index (χ0n) is 22.5. The smallest absolute Gasteiger partial charge is 0.410 e. The summed E-state index contributed by atoms with van der Waals surface area (Å²) in [4.78, 5) is 17.5. The summed E-state index contributed by atoms with van der Waals surface area (Å²) in [5.41, 5.74) is 2.52. The molecule has 196 valence electrons. The molecule has 6 nitrogen and oxygen atoms in total. The standard InChI is InChI=1S/C29H46N2O4/c1-18-23-8-9-25-22-7-6-19-14-20(31(4)27(32)35-21-15-26(33-5)34-16-21)10-12-28(19,2)24(22)11-13-29(23,25)17-30(18)3/h6,18,20-26H,7-17H2,1-5H3. The van der Waals surface area contributed by atoms with E-state index in [4.69, 9.17) is 14.2 Å². The molecule has 1 amide bonds. The van der Waals surface area contributed by atoms with E-state index in [2.05, 4.69) is 31.9 Å². The summed E-state index contributed by atoms with van der Waals surface area (Å²) in [6.45, 7) is 6.80. The number of ether oxygens (including phenoxy) is 3. The molecule has 2 saturated heterocycles. The first-order chi connectivity index (χ1) is 16.8. The second-order valence-corrected chi connectivity index (χ2v) is 13.1. The molecule has 1 spiro atoms. The van der Waals surface area contributed by atoms with Gasteiger partial charge in [0.2, 0.25) is 0 Å². The van der Waals surface area contributed by atoms with Gasteiger partial charge < -0.3 is 24.0 Å². The quantitative estimate of drug-likeness (QED) is 0.521. The van der Waals surface area contributed by atoms with Crippen molar-refractivity contribution in [3.8, 4) is 0 Å². The highest BCUT2D eigenvalue weighted by atomic mass is 16.7. The zero-order valence-corrected chi connectivity index (χ0v) is 22.5. The molecule has 5 fully saturated rings. The third kappa shape index (κ3) is 3.64. The van der Waals surface area contributed by atoms with Crippen molar-refractivity contribution in [2.75, 3.05) is 34.4 Å². The molecule has 10 atom stereocenters. The summed E-state index contributed by atoms with van der Waals surface area (Å²) >= 11 is 0. The Kier molecular flexibility index (Phi) is 6.05. The third-order valence-electron chi connectivity index (χ3n) is 12.0. The van der Waals surface area contributed by atoms with Crippen LogP contribution in [0.4, 0.5) is 4.79 Å². The van der Waals surface area contributed by atoms with Crippen molar-refractivity contribution in [2.24, 2.45) is 34.5 Å². The van der Waals surface area contributed by atoms with Gasteiger partial charge in [-0.2, -0.15) is 0 Å². The fourth-order valence-electron chi connectivity index (χ4n) is 9.96. The molecule has 0 radical (unpaired) electrons. The minimum absolute atomic E-state index is 0.208. The van der Waals surface area contributed by atoms with Crippen LogP contribution in [0.1, 0.15) is 71.6 Å². The largest absolute Gasteiger partial charge is 0.443 e. The molecule has 6 aliphatic rings. The van der Waals surface area contributed by atoms with Gasteiger partial charge in [-0.05, 0) is 99.8 Å². The molecule has 35 heavy (non-hydrogen) atoms. The SMILES string of the molecule is COC1CC(OC(=O)N(C)C2CCC3(C)C(=CCC4C3CCC35CN(C)C(C)C3CCC45)C2)CO1. The summed E-state index contributed by atoms with van der Waals surface area (Å²) in [6.07, 6.45) is 12.8. The van der Waals surface area contributed by atoms with Crippen molar-refractivity contribution in [3.63, 3.8) is 0 Å². The van der Waals surface area contributed by atoms with Crippen LogP contribution < -0.4 is 0 Å². The first-order valence-corrected chi connectivity index (χ1v) is 14.2. The maximum Gasteiger partial charge on any atom is 0.410 e. The normalized spacial score (nSPS) is 49.0. The van der Waals surface area contributed by atoms with Crippen molar-refractivity contribution in [1.29, 1.82) is 0 Å². The van der Waals surface area contributed by atoms with Gasteiger partial charge in [-0.25, -0.2) is 4.79 Å². The van der Waals surface area contributed by atoms with Crippen molar-refractivity contribution in [1.82, 2.24) is 9.80 Å². The van der Waals surface area contributed by atoms with Crippen LogP contribution in [0.15, 0.2) is 11.6 Å². The lowest BCUT2D eigenvalue weighted by atomic mass is 9.47. The van der Waals surface area contributed by atoms with Crippen LogP contribution in [-0.2, 0) is 14.2 Å². The Labute approximate surface area is 211 Å². The highest BCUT2D eigenvalue weighted by Crippen LogP contribution is 2.68. The number of hydrogen-bond acceptors (Lipinski definition) is 5. The Bertz CT molecular complexity index is 877. The van der Waals surface area contributed by atoms with Gasteiger partial charge in [-0.15, -0.1) is 0 Å². The lowest BCUT2D eigenvalue weighted by molar-refractivity contribution is -0.0883. The highest BCUT2D eigenvalue weighted by Gasteiger charge is 2.64. The van der Waals surface area contributed by atoms with E-state index >= 15 is 0 Å². The molecular weight excluding hydrogens is 440 g/mol. The molecule has 0 aromatic rings. The molecule has 2 heterocycles. The van der Waals surface area contributed by atoms with Gasteiger partial charge in [0.25, 0.3) is 0 Å². The lowest BCUT2D eigenvalue weighted by Gasteiger charge is -2.58. The number of nitrogens with zero attached hydrogens (tertiary/aromatic N) is 2. The van der Waals surface area contributed by atoms with Gasteiger partial charge >= 0.3 is 6.09 Å². The van der Waals surface area contributed by atoms with Crippen LogP contribution in [0.3, 0.4) is 0 Å². The fraction of sp³-hybridized carbons (Fsp3) is 0.897. The Morgan fingerprint density at radius 2 is 1.97 bits per heavy atom. The van der Waals surface area contributed by atoms with Gasteiger partial charge in [0.05, 0.1) is 6.61 Å². The van der Waals surface area contributed by atoms with E-state index in [-0.39, 0.29) is 24.5 Å². The molecular formula is C29H46N2O4. The number of fused-ring (bicyclic) bond motifs is 4. The van der Waals surface area contributed by atoms with Crippen LogP contribution in [0.25, 0.3) is 0 Å². The van der Waals surface area contributed by atoms with Crippen LogP contribution in [0.2, 0.25) is 0 Å². The average molecular weight is 487 g/mol.